The molecule has 1 atom stereocenters. The van der Waals surface area contributed by atoms with Gasteiger partial charge < -0.3 is 10.5 Å². The zero-order valence-electron chi connectivity index (χ0n) is 9.82. The Balaban J connectivity index is 0.00000225. The molecule has 0 saturated heterocycles. The van der Waals surface area contributed by atoms with Crippen LogP contribution in [0.5, 0.6) is 0 Å². The molecule has 0 bridgehead atoms. The van der Waals surface area contributed by atoms with E-state index in [1.54, 1.807) is 0 Å². The van der Waals surface area contributed by atoms with Gasteiger partial charge in [-0.25, -0.2) is 0 Å². The summed E-state index contributed by atoms with van der Waals surface area (Å²) in [5.74, 6) is -0.276. The number of methoxy groups -OCH3 is 1. The fourth-order valence-electron chi connectivity index (χ4n) is 1.60. The first-order valence-electron chi connectivity index (χ1n) is 4.93. The van der Waals surface area contributed by atoms with Crippen LogP contribution in [0.15, 0.2) is 18.2 Å². The van der Waals surface area contributed by atoms with Gasteiger partial charge in [0.15, 0.2) is 0 Å². The van der Waals surface area contributed by atoms with Gasteiger partial charge in [-0.1, -0.05) is 29.3 Å². The predicted octanol–water partition coefficient (Wildman–Crippen LogP) is 2.29. The van der Waals surface area contributed by atoms with Gasteiger partial charge in [0.2, 0.25) is 0 Å². The third kappa shape index (κ3) is 4.21. The Labute approximate surface area is 102 Å². The Hall–Kier alpha value is -1.06. The van der Waals surface area contributed by atoms with Gasteiger partial charge in [-0.2, -0.15) is 0 Å². The van der Waals surface area contributed by atoms with Gasteiger partial charge in [-0.15, -0.1) is 12.4 Å². The molecule has 0 aliphatic rings. The van der Waals surface area contributed by atoms with Crippen LogP contribution in [0.25, 0.3) is 0 Å². The number of benzene rings is 1. The number of carbonyl (C=O) groups is 1. The lowest BCUT2D eigenvalue weighted by atomic mass is 10.00. The summed E-state index contributed by atoms with van der Waals surface area (Å²) in [5, 5.41) is 0. The summed E-state index contributed by atoms with van der Waals surface area (Å²) in [6.45, 7) is 4.03. The maximum atomic E-state index is 11.1. The van der Waals surface area contributed by atoms with Crippen LogP contribution >= 0.6 is 12.4 Å². The molecular formula is C12H18ClNO2. The van der Waals surface area contributed by atoms with Crippen molar-refractivity contribution in [2.45, 2.75) is 26.3 Å². The number of hydrogen-bond donors (Lipinski definition) is 1. The molecule has 16 heavy (non-hydrogen) atoms. The lowest BCUT2D eigenvalue weighted by molar-refractivity contribution is -0.141. The van der Waals surface area contributed by atoms with Crippen LogP contribution in [-0.2, 0) is 9.53 Å². The van der Waals surface area contributed by atoms with Crippen LogP contribution in [0, 0.1) is 13.8 Å². The van der Waals surface area contributed by atoms with Crippen molar-refractivity contribution in [1.29, 1.82) is 0 Å². The van der Waals surface area contributed by atoms with Crippen LogP contribution in [0.1, 0.15) is 29.2 Å². The first-order valence-corrected chi connectivity index (χ1v) is 4.93. The molecule has 90 valence electrons. The molecule has 0 aromatic heterocycles. The lowest BCUT2D eigenvalue weighted by Gasteiger charge is -2.12. The topological polar surface area (TPSA) is 52.3 Å². The van der Waals surface area contributed by atoms with Crippen molar-refractivity contribution in [3.05, 3.63) is 34.9 Å². The van der Waals surface area contributed by atoms with Crippen molar-refractivity contribution >= 4 is 18.4 Å². The summed E-state index contributed by atoms with van der Waals surface area (Å²) in [7, 11) is 1.37. The molecule has 1 aromatic carbocycles. The molecule has 1 rings (SSSR count). The van der Waals surface area contributed by atoms with Crippen molar-refractivity contribution in [2.24, 2.45) is 5.73 Å². The van der Waals surface area contributed by atoms with E-state index < -0.39 is 0 Å². The van der Waals surface area contributed by atoms with Crippen LogP contribution in [-0.4, -0.2) is 13.1 Å². The quantitative estimate of drug-likeness (QED) is 0.829. The smallest absolute Gasteiger partial charge is 0.307 e. The molecule has 0 unspecified atom stereocenters. The molecule has 0 radical (unpaired) electrons. The maximum Gasteiger partial charge on any atom is 0.307 e. The number of rotatable bonds is 3. The summed E-state index contributed by atoms with van der Waals surface area (Å²) < 4.78 is 4.58. The summed E-state index contributed by atoms with van der Waals surface area (Å²) >= 11 is 0. The highest BCUT2D eigenvalue weighted by atomic mass is 35.5. The van der Waals surface area contributed by atoms with Gasteiger partial charge in [0, 0.05) is 6.04 Å². The monoisotopic (exact) mass is 243 g/mol. The Kier molecular flexibility index (Phi) is 6.08. The molecule has 0 aliphatic heterocycles. The molecule has 1 aromatic rings. The fraction of sp³-hybridized carbons (Fsp3) is 0.417. The van der Waals surface area contributed by atoms with E-state index in [-0.39, 0.29) is 30.8 Å². The van der Waals surface area contributed by atoms with Gasteiger partial charge in [0.1, 0.15) is 0 Å². The SMILES string of the molecule is COC(=O)C[C@H](N)c1cc(C)cc(C)c1.Cl. The van der Waals surface area contributed by atoms with E-state index in [0.29, 0.717) is 0 Å². The first-order chi connectivity index (χ1) is 7.02. The van der Waals surface area contributed by atoms with Crippen LogP contribution in [0.2, 0.25) is 0 Å². The number of aryl methyl sites for hydroxylation is 2. The normalized spacial score (nSPS) is 11.5. The van der Waals surface area contributed by atoms with Crippen molar-refractivity contribution in [1.82, 2.24) is 0 Å². The van der Waals surface area contributed by atoms with Crippen LogP contribution < -0.4 is 5.73 Å². The van der Waals surface area contributed by atoms with E-state index in [1.807, 2.05) is 26.0 Å². The van der Waals surface area contributed by atoms with E-state index in [0.717, 1.165) is 16.7 Å². The van der Waals surface area contributed by atoms with Gasteiger partial charge in [-0.05, 0) is 19.4 Å². The van der Waals surface area contributed by atoms with Crippen LogP contribution in [0.3, 0.4) is 0 Å². The van der Waals surface area contributed by atoms with E-state index in [2.05, 4.69) is 10.8 Å². The van der Waals surface area contributed by atoms with E-state index in [4.69, 9.17) is 5.73 Å². The number of nitrogens with two attached hydrogens (primary N) is 1. The number of halogens is 1. The minimum Gasteiger partial charge on any atom is -0.469 e. The Morgan fingerprint density at radius 3 is 2.25 bits per heavy atom. The Morgan fingerprint density at radius 1 is 1.31 bits per heavy atom. The highest BCUT2D eigenvalue weighted by Crippen LogP contribution is 2.17. The minimum absolute atomic E-state index is 0. The molecule has 0 spiro atoms. The molecule has 0 fully saturated rings. The van der Waals surface area contributed by atoms with E-state index >= 15 is 0 Å². The Bertz CT molecular complexity index is 346. The summed E-state index contributed by atoms with van der Waals surface area (Å²) in [5.41, 5.74) is 9.21. The highest BCUT2D eigenvalue weighted by Gasteiger charge is 2.12. The zero-order valence-corrected chi connectivity index (χ0v) is 10.6. The van der Waals surface area contributed by atoms with Gasteiger partial charge >= 0.3 is 5.97 Å². The average Bonchev–Trinajstić information content (AvgIpc) is 2.16. The summed E-state index contributed by atoms with van der Waals surface area (Å²) in [6, 6.07) is 5.80. The van der Waals surface area contributed by atoms with Crippen molar-refractivity contribution in [3.63, 3.8) is 0 Å². The largest absolute Gasteiger partial charge is 0.469 e. The first kappa shape index (κ1) is 14.9. The van der Waals surface area contributed by atoms with Crippen LogP contribution in [0.4, 0.5) is 0 Å². The standard InChI is InChI=1S/C12H17NO2.ClH/c1-8-4-9(2)6-10(5-8)11(13)7-12(14)15-3;/h4-6,11H,7,13H2,1-3H3;1H/t11-;/m0./s1. The molecule has 3 nitrogen and oxygen atoms in total. The number of ether oxygens (including phenoxy) is 1. The Morgan fingerprint density at radius 2 is 1.81 bits per heavy atom. The molecule has 0 amide bonds. The van der Waals surface area contributed by atoms with E-state index in [1.165, 1.54) is 7.11 Å². The maximum absolute atomic E-state index is 11.1. The predicted molar refractivity (Wildman–Crippen MR) is 66.7 cm³/mol. The van der Waals surface area contributed by atoms with E-state index in [9.17, 15) is 4.79 Å². The molecular weight excluding hydrogens is 226 g/mol. The molecule has 2 N–H and O–H groups in total. The second-order valence-corrected chi connectivity index (χ2v) is 3.81. The van der Waals surface area contributed by atoms with Crippen molar-refractivity contribution in [2.75, 3.05) is 7.11 Å². The second-order valence-electron chi connectivity index (χ2n) is 3.81. The minimum atomic E-state index is -0.281. The van der Waals surface area contributed by atoms with Gasteiger partial charge in [-0.3, -0.25) is 4.79 Å². The highest BCUT2D eigenvalue weighted by molar-refractivity contribution is 5.85. The average molecular weight is 244 g/mol. The number of carbonyl (C=O) groups excluding carboxylic acids is 1. The summed E-state index contributed by atoms with van der Waals surface area (Å²) in [6.07, 6.45) is 0.222. The number of hydrogen-bond acceptors (Lipinski definition) is 3. The van der Waals surface area contributed by atoms with Gasteiger partial charge in [0.05, 0.1) is 13.5 Å². The molecule has 0 heterocycles. The third-order valence-electron chi connectivity index (χ3n) is 2.29. The third-order valence-corrected chi connectivity index (χ3v) is 2.29. The second kappa shape index (κ2) is 6.51. The zero-order chi connectivity index (χ0) is 11.4. The summed E-state index contributed by atoms with van der Waals surface area (Å²) in [4.78, 5) is 11.1. The van der Waals surface area contributed by atoms with Crippen molar-refractivity contribution in [3.8, 4) is 0 Å². The van der Waals surface area contributed by atoms with Gasteiger partial charge in [0.25, 0.3) is 0 Å². The number of esters is 1. The lowest BCUT2D eigenvalue weighted by Crippen LogP contribution is -2.16. The fourth-order valence-corrected chi connectivity index (χ4v) is 1.60. The van der Waals surface area contributed by atoms with Crippen molar-refractivity contribution < 1.29 is 9.53 Å². The molecule has 0 aliphatic carbocycles. The molecule has 0 saturated carbocycles. The molecule has 4 heteroatoms.